The lowest BCUT2D eigenvalue weighted by atomic mass is 10.1. The summed E-state index contributed by atoms with van der Waals surface area (Å²) >= 11 is 0. The van der Waals surface area contributed by atoms with E-state index in [1.807, 2.05) is 4.90 Å². The number of quaternary nitrogens is 1. The van der Waals surface area contributed by atoms with Crippen molar-refractivity contribution in [2.45, 2.75) is 117 Å². The molecule has 0 bridgehead atoms. The van der Waals surface area contributed by atoms with Gasteiger partial charge in [-0.25, -0.2) is 0 Å². The number of rotatable bonds is 18. The van der Waals surface area contributed by atoms with Gasteiger partial charge in [0.05, 0.1) is 24.7 Å². The van der Waals surface area contributed by atoms with Crippen LogP contribution in [0.25, 0.3) is 0 Å². The summed E-state index contributed by atoms with van der Waals surface area (Å²) in [6, 6.07) is 0. The molecule has 0 aromatic heterocycles. The SMILES string of the molecule is CCCCCCC[NH+](CCCCCCC)CCCCCCC.O=[N+]([O-])[O-]. The van der Waals surface area contributed by atoms with Crippen LogP contribution in [0.1, 0.15) is 117 Å². The van der Waals surface area contributed by atoms with E-state index in [0.717, 1.165) is 0 Å². The largest absolute Gasteiger partial charge is 0.356 e. The van der Waals surface area contributed by atoms with Crippen molar-refractivity contribution in [2.75, 3.05) is 19.6 Å². The molecule has 26 heavy (non-hydrogen) atoms. The normalized spacial score (nSPS) is 10.6. The van der Waals surface area contributed by atoms with Gasteiger partial charge in [0.1, 0.15) is 0 Å². The molecule has 0 amide bonds. The van der Waals surface area contributed by atoms with Gasteiger partial charge < -0.3 is 20.2 Å². The van der Waals surface area contributed by atoms with E-state index in [9.17, 15) is 0 Å². The van der Waals surface area contributed by atoms with Crippen molar-refractivity contribution in [3.05, 3.63) is 15.3 Å². The van der Waals surface area contributed by atoms with E-state index >= 15 is 0 Å². The van der Waals surface area contributed by atoms with Gasteiger partial charge in [-0.1, -0.05) is 78.6 Å². The lowest BCUT2D eigenvalue weighted by molar-refractivity contribution is -0.900. The smallest absolute Gasteiger partial charge is 0.0770 e. The van der Waals surface area contributed by atoms with Crippen LogP contribution in [0.15, 0.2) is 0 Å². The first kappa shape index (κ1) is 27.4. The van der Waals surface area contributed by atoms with Gasteiger partial charge in [-0.15, -0.1) is 0 Å². The van der Waals surface area contributed by atoms with Gasteiger partial charge in [0.15, 0.2) is 0 Å². The van der Waals surface area contributed by atoms with E-state index in [1.54, 1.807) is 0 Å². The highest BCUT2D eigenvalue weighted by molar-refractivity contribution is 4.46. The highest BCUT2D eigenvalue weighted by Gasteiger charge is 2.07. The van der Waals surface area contributed by atoms with E-state index in [0.29, 0.717) is 0 Å². The molecule has 5 heteroatoms. The molecular weight excluding hydrogens is 328 g/mol. The molecule has 0 saturated carbocycles. The highest BCUT2D eigenvalue weighted by atomic mass is 16.9. The van der Waals surface area contributed by atoms with Crippen molar-refractivity contribution in [3.8, 4) is 0 Å². The molecule has 0 aromatic rings. The third-order valence-corrected chi connectivity index (χ3v) is 4.90. The van der Waals surface area contributed by atoms with Crippen molar-refractivity contribution >= 4 is 0 Å². The summed E-state index contributed by atoms with van der Waals surface area (Å²) in [4.78, 5) is 10.2. The molecule has 0 aromatic carbocycles. The number of hydrogen-bond acceptors (Lipinski definition) is 3. The Labute approximate surface area is 162 Å². The van der Waals surface area contributed by atoms with Crippen LogP contribution in [0.3, 0.4) is 0 Å². The number of hydrogen-bond donors (Lipinski definition) is 1. The van der Waals surface area contributed by atoms with Crippen LogP contribution >= 0.6 is 0 Å². The average molecular weight is 375 g/mol. The summed E-state index contributed by atoms with van der Waals surface area (Å²) in [5, 5.41) is 14.8. The fraction of sp³-hybridized carbons (Fsp3) is 1.00. The summed E-state index contributed by atoms with van der Waals surface area (Å²) < 4.78 is 0. The molecule has 0 aliphatic heterocycles. The van der Waals surface area contributed by atoms with Crippen LogP contribution < -0.4 is 4.90 Å². The Bertz CT molecular complexity index is 239. The lowest BCUT2D eigenvalue weighted by Gasteiger charge is -2.19. The molecule has 0 aliphatic carbocycles. The first-order valence-electron chi connectivity index (χ1n) is 11.2. The predicted octanol–water partition coefficient (Wildman–Crippen LogP) is 5.54. The third-order valence-electron chi connectivity index (χ3n) is 4.90. The molecule has 0 saturated heterocycles. The third kappa shape index (κ3) is 28.0. The summed E-state index contributed by atoms with van der Waals surface area (Å²) in [5.74, 6) is 0. The molecule has 5 nitrogen and oxygen atoms in total. The molecule has 0 aliphatic rings. The predicted molar refractivity (Wildman–Crippen MR) is 112 cm³/mol. The summed E-state index contributed by atoms with van der Waals surface area (Å²) in [5.41, 5.74) is 0. The minimum absolute atomic E-state index is 1.37. The monoisotopic (exact) mass is 374 g/mol. The van der Waals surface area contributed by atoms with Crippen LogP contribution in [0, 0.1) is 15.3 Å². The Morgan fingerprint density at radius 2 is 0.769 bits per heavy atom. The van der Waals surface area contributed by atoms with Crippen molar-refractivity contribution in [1.29, 1.82) is 0 Å². The first-order valence-corrected chi connectivity index (χ1v) is 11.2. The van der Waals surface area contributed by atoms with Crippen LogP contribution in [-0.4, -0.2) is 24.7 Å². The van der Waals surface area contributed by atoms with Crippen molar-refractivity contribution in [2.24, 2.45) is 0 Å². The second-order valence-corrected chi connectivity index (χ2v) is 7.47. The minimum atomic E-state index is -1.75. The maximum absolute atomic E-state index is 8.25. The highest BCUT2D eigenvalue weighted by Crippen LogP contribution is 2.03. The Kier molecular flexibility index (Phi) is 25.4. The quantitative estimate of drug-likeness (QED) is 0.194. The maximum Gasteiger partial charge on any atom is 0.0770 e. The van der Waals surface area contributed by atoms with E-state index in [1.165, 1.54) is 116 Å². The van der Waals surface area contributed by atoms with Crippen LogP contribution in [0.2, 0.25) is 0 Å². The Morgan fingerprint density at radius 3 is 1.00 bits per heavy atom. The van der Waals surface area contributed by atoms with Gasteiger partial charge >= 0.3 is 0 Å². The fourth-order valence-electron chi connectivity index (χ4n) is 3.31. The van der Waals surface area contributed by atoms with Gasteiger partial charge in [0.25, 0.3) is 0 Å². The summed E-state index contributed by atoms with van der Waals surface area (Å²) in [6.45, 7) is 11.2. The molecule has 158 valence electrons. The first-order chi connectivity index (χ1) is 12.6. The fourth-order valence-corrected chi connectivity index (χ4v) is 3.31. The lowest BCUT2D eigenvalue weighted by Crippen LogP contribution is -3.12. The maximum atomic E-state index is 8.25. The average Bonchev–Trinajstić information content (AvgIpc) is 2.60. The summed E-state index contributed by atoms with van der Waals surface area (Å²) in [6.07, 6.45) is 21.5. The van der Waals surface area contributed by atoms with E-state index < -0.39 is 5.09 Å². The van der Waals surface area contributed by atoms with Crippen molar-refractivity contribution in [1.82, 2.24) is 0 Å². The molecule has 0 fully saturated rings. The molecule has 0 radical (unpaired) electrons. The van der Waals surface area contributed by atoms with Crippen LogP contribution in [-0.2, 0) is 0 Å². The Morgan fingerprint density at radius 1 is 0.538 bits per heavy atom. The number of nitrogens with one attached hydrogen (secondary N) is 1. The van der Waals surface area contributed by atoms with Gasteiger partial charge in [0, 0.05) is 0 Å². The minimum Gasteiger partial charge on any atom is -0.356 e. The summed E-state index contributed by atoms with van der Waals surface area (Å²) in [7, 11) is 0. The second-order valence-electron chi connectivity index (χ2n) is 7.47. The zero-order valence-electron chi connectivity index (χ0n) is 17.9. The zero-order chi connectivity index (χ0) is 19.9. The molecule has 0 heterocycles. The van der Waals surface area contributed by atoms with Crippen LogP contribution in [0.5, 0.6) is 0 Å². The standard InChI is InChI=1S/C21H45N.NO3/c1-4-7-10-13-16-19-22(20-17-14-11-8-5-2)21-18-15-12-9-6-3;2-1(3)4/h4-21H2,1-3H3;/q;-1/p+1. The number of nitrogens with zero attached hydrogens (tertiary/aromatic N) is 1. The van der Waals surface area contributed by atoms with Crippen LogP contribution in [0.4, 0.5) is 0 Å². The van der Waals surface area contributed by atoms with Crippen molar-refractivity contribution < 1.29 is 9.99 Å². The van der Waals surface area contributed by atoms with Gasteiger partial charge in [-0.3, -0.25) is 0 Å². The topological polar surface area (TPSA) is 70.6 Å². The molecule has 1 N–H and O–H groups in total. The van der Waals surface area contributed by atoms with E-state index in [-0.39, 0.29) is 0 Å². The van der Waals surface area contributed by atoms with E-state index in [2.05, 4.69) is 20.8 Å². The van der Waals surface area contributed by atoms with Gasteiger partial charge in [-0.05, 0) is 38.5 Å². The second kappa shape index (κ2) is 24.2. The Balaban J connectivity index is 0. The van der Waals surface area contributed by atoms with Gasteiger partial charge in [-0.2, -0.15) is 0 Å². The number of unbranched alkanes of at least 4 members (excludes halogenated alkanes) is 12. The molecule has 0 rings (SSSR count). The molecule has 0 unspecified atom stereocenters. The zero-order valence-corrected chi connectivity index (χ0v) is 17.9. The molecule has 0 spiro atoms. The Hall–Kier alpha value is -0.840. The molecular formula is C21H46N2O3. The van der Waals surface area contributed by atoms with E-state index in [4.69, 9.17) is 15.3 Å². The van der Waals surface area contributed by atoms with Crippen molar-refractivity contribution in [3.63, 3.8) is 0 Å². The molecule has 0 atom stereocenters. The van der Waals surface area contributed by atoms with Gasteiger partial charge in [0.2, 0.25) is 0 Å².